The zero-order valence-electron chi connectivity index (χ0n) is 17.1. The molecule has 0 N–H and O–H groups in total. The average Bonchev–Trinajstić information content (AvgIpc) is 3.23. The summed E-state index contributed by atoms with van der Waals surface area (Å²) in [6, 6.07) is 0. The number of rotatable bonds is 6. The van der Waals surface area contributed by atoms with Gasteiger partial charge in [0.25, 0.3) is 0 Å². The summed E-state index contributed by atoms with van der Waals surface area (Å²) in [6.07, 6.45) is 28.8. The molecule has 144 valence electrons. The summed E-state index contributed by atoms with van der Waals surface area (Å²) in [5, 5.41) is 0. The Morgan fingerprint density at radius 1 is 0.704 bits per heavy atom. The second-order valence-corrected chi connectivity index (χ2v) is 15.0. The van der Waals surface area contributed by atoms with Gasteiger partial charge in [0.15, 0.2) is 0 Å². The first-order valence-corrected chi connectivity index (χ1v) is 14.1. The van der Waals surface area contributed by atoms with E-state index in [1.807, 2.05) is 0 Å². The lowest BCUT2D eigenvalue weighted by Gasteiger charge is -2.42. The molecule has 0 aromatic heterocycles. The minimum Gasteiger partial charge on any atom is -0.103 e. The normalized spacial score (nSPS) is 42.1. The van der Waals surface area contributed by atoms with Gasteiger partial charge in [0.2, 0.25) is 0 Å². The summed E-state index contributed by atoms with van der Waals surface area (Å²) in [5.74, 6) is 4.62. The highest BCUT2D eigenvalue weighted by molar-refractivity contribution is 6.80. The summed E-state index contributed by atoms with van der Waals surface area (Å²) in [7, 11) is -1.43. The van der Waals surface area contributed by atoms with Crippen molar-refractivity contribution in [3.05, 3.63) is 73.9 Å². The fraction of sp³-hybridized carbons (Fsp3) is 0.538. The third kappa shape index (κ3) is 3.22. The Labute approximate surface area is 167 Å². The van der Waals surface area contributed by atoms with E-state index in [0.29, 0.717) is 0 Å². The molecule has 2 fully saturated rings. The molecular weight excluding hydrogens is 340 g/mol. The van der Waals surface area contributed by atoms with Gasteiger partial charge in [-0.3, -0.25) is 0 Å². The Morgan fingerprint density at radius 2 is 1.07 bits per heavy atom. The smallest absolute Gasteiger partial charge is 0.0548 e. The molecule has 4 aliphatic carbocycles. The van der Waals surface area contributed by atoms with Gasteiger partial charge in [0.1, 0.15) is 0 Å². The molecule has 0 nitrogen and oxygen atoms in total. The fourth-order valence-electron chi connectivity index (χ4n) is 7.12. The highest BCUT2D eigenvalue weighted by Crippen LogP contribution is 2.62. The molecule has 8 atom stereocenters. The van der Waals surface area contributed by atoms with Crippen molar-refractivity contribution >= 4 is 8.07 Å². The molecule has 0 aliphatic heterocycles. The van der Waals surface area contributed by atoms with Crippen molar-refractivity contribution in [2.24, 2.45) is 35.5 Å². The van der Waals surface area contributed by atoms with Crippen molar-refractivity contribution in [1.82, 2.24) is 0 Å². The van der Waals surface area contributed by atoms with Crippen molar-refractivity contribution in [1.29, 1.82) is 0 Å². The van der Waals surface area contributed by atoms with Crippen molar-refractivity contribution in [3.63, 3.8) is 0 Å². The first-order valence-electron chi connectivity index (χ1n) is 11.0. The molecule has 4 aliphatic rings. The first kappa shape index (κ1) is 19.0. The van der Waals surface area contributed by atoms with Crippen LogP contribution >= 0.6 is 0 Å². The molecule has 8 unspecified atom stereocenters. The Bertz CT molecular complexity index is 633. The van der Waals surface area contributed by atoms with Crippen LogP contribution in [0.2, 0.25) is 24.2 Å². The van der Waals surface area contributed by atoms with E-state index in [1.54, 1.807) is 0 Å². The lowest BCUT2D eigenvalue weighted by atomic mass is 9.84. The summed E-state index contributed by atoms with van der Waals surface area (Å²) >= 11 is 0. The van der Waals surface area contributed by atoms with Gasteiger partial charge in [-0.1, -0.05) is 73.9 Å². The SMILES string of the molecule is C=CCC1CC([Si](C)(C)C2CC(CC=C)C3C=CC=CC32)C2C=CC=CC12. The summed E-state index contributed by atoms with van der Waals surface area (Å²) < 4.78 is 0. The quantitative estimate of drug-likeness (QED) is 0.336. The second kappa shape index (κ2) is 7.58. The first-order chi connectivity index (χ1) is 13.1. The van der Waals surface area contributed by atoms with Crippen LogP contribution in [0.1, 0.15) is 25.7 Å². The third-order valence-electron chi connectivity index (χ3n) is 8.43. The van der Waals surface area contributed by atoms with Crippen molar-refractivity contribution in [3.8, 4) is 0 Å². The number of hydrogen-bond donors (Lipinski definition) is 0. The van der Waals surface area contributed by atoms with E-state index >= 15 is 0 Å². The van der Waals surface area contributed by atoms with Gasteiger partial charge >= 0.3 is 0 Å². The molecule has 0 heterocycles. The maximum absolute atomic E-state index is 4.05. The Kier molecular flexibility index (Phi) is 5.33. The van der Waals surface area contributed by atoms with E-state index in [2.05, 4.69) is 87.0 Å². The summed E-state index contributed by atoms with van der Waals surface area (Å²) in [4.78, 5) is 0. The molecule has 0 spiro atoms. The molecule has 0 radical (unpaired) electrons. The van der Waals surface area contributed by atoms with Crippen LogP contribution in [-0.4, -0.2) is 8.07 Å². The van der Waals surface area contributed by atoms with Crippen molar-refractivity contribution in [2.45, 2.75) is 49.9 Å². The van der Waals surface area contributed by atoms with E-state index in [1.165, 1.54) is 25.7 Å². The van der Waals surface area contributed by atoms with Gasteiger partial charge in [-0.2, -0.15) is 0 Å². The van der Waals surface area contributed by atoms with Gasteiger partial charge in [-0.05, 0) is 72.3 Å². The molecular formula is C26H36Si. The maximum Gasteiger partial charge on any atom is 0.0548 e. The Morgan fingerprint density at radius 3 is 1.44 bits per heavy atom. The fourth-order valence-corrected chi connectivity index (χ4v) is 12.1. The van der Waals surface area contributed by atoms with Crippen LogP contribution in [0.3, 0.4) is 0 Å². The summed E-state index contributed by atoms with van der Waals surface area (Å²) in [5.41, 5.74) is 1.81. The second-order valence-electron chi connectivity index (χ2n) is 9.92. The average molecular weight is 377 g/mol. The van der Waals surface area contributed by atoms with E-state index < -0.39 is 8.07 Å². The van der Waals surface area contributed by atoms with Gasteiger partial charge in [-0.15, -0.1) is 13.2 Å². The largest absolute Gasteiger partial charge is 0.103 e. The molecule has 0 aromatic rings. The van der Waals surface area contributed by atoms with E-state index in [-0.39, 0.29) is 0 Å². The minimum atomic E-state index is -1.43. The van der Waals surface area contributed by atoms with E-state index in [4.69, 9.17) is 0 Å². The Hall–Kier alpha value is -1.34. The number of fused-ring (bicyclic) bond motifs is 2. The molecule has 1 heteroatoms. The molecule has 2 saturated carbocycles. The predicted molar refractivity (Wildman–Crippen MR) is 121 cm³/mol. The monoisotopic (exact) mass is 376 g/mol. The van der Waals surface area contributed by atoms with Crippen LogP contribution in [0.4, 0.5) is 0 Å². The van der Waals surface area contributed by atoms with Gasteiger partial charge < -0.3 is 0 Å². The lowest BCUT2D eigenvalue weighted by molar-refractivity contribution is 0.421. The Balaban J connectivity index is 1.62. The molecule has 0 bridgehead atoms. The summed E-state index contributed by atoms with van der Waals surface area (Å²) in [6.45, 7) is 13.6. The molecule has 4 rings (SSSR count). The van der Waals surface area contributed by atoms with E-state index in [0.717, 1.165) is 46.6 Å². The highest BCUT2D eigenvalue weighted by Gasteiger charge is 2.55. The van der Waals surface area contributed by atoms with Gasteiger partial charge in [-0.25, -0.2) is 0 Å². The molecule has 27 heavy (non-hydrogen) atoms. The van der Waals surface area contributed by atoms with Crippen LogP contribution in [0.25, 0.3) is 0 Å². The van der Waals surface area contributed by atoms with Gasteiger partial charge in [0, 0.05) is 0 Å². The molecule has 0 aromatic carbocycles. The lowest BCUT2D eigenvalue weighted by Crippen LogP contribution is -2.42. The zero-order chi connectivity index (χ0) is 19.0. The minimum absolute atomic E-state index is 0.743. The zero-order valence-corrected chi connectivity index (χ0v) is 18.1. The van der Waals surface area contributed by atoms with E-state index in [9.17, 15) is 0 Å². The topological polar surface area (TPSA) is 0 Å². The highest BCUT2D eigenvalue weighted by atomic mass is 28.3. The number of allylic oxidation sites excluding steroid dienone is 10. The van der Waals surface area contributed by atoms with Crippen molar-refractivity contribution < 1.29 is 0 Å². The maximum atomic E-state index is 4.05. The van der Waals surface area contributed by atoms with Crippen LogP contribution in [0.15, 0.2) is 73.9 Å². The van der Waals surface area contributed by atoms with Crippen molar-refractivity contribution in [2.75, 3.05) is 0 Å². The predicted octanol–water partition coefficient (Wildman–Crippen LogP) is 7.34. The van der Waals surface area contributed by atoms with Crippen LogP contribution in [0, 0.1) is 35.5 Å². The van der Waals surface area contributed by atoms with Gasteiger partial charge in [0.05, 0.1) is 8.07 Å². The number of hydrogen-bond acceptors (Lipinski definition) is 0. The van der Waals surface area contributed by atoms with Crippen LogP contribution in [0.5, 0.6) is 0 Å². The molecule has 0 saturated heterocycles. The van der Waals surface area contributed by atoms with Crippen LogP contribution in [-0.2, 0) is 0 Å². The van der Waals surface area contributed by atoms with Crippen LogP contribution < -0.4 is 0 Å². The standard InChI is InChI=1S/C26H36Si/c1-5-11-19-17-25(23-15-9-7-13-21(19)23)27(3,4)26-18-20(12-6-2)22-14-8-10-16-24(22)26/h5-10,13-16,19-26H,1-2,11-12,17-18H2,3-4H3. The third-order valence-corrected chi connectivity index (χ3v) is 13.5. The molecule has 0 amide bonds.